The maximum Gasteiger partial charge on any atom is 0.416 e. The first kappa shape index (κ1) is 69.3. The Morgan fingerprint density at radius 3 is 1.31 bits per heavy atom. The van der Waals surface area contributed by atoms with Gasteiger partial charge in [-0.3, -0.25) is 9.17 Å². The van der Waals surface area contributed by atoms with Crippen molar-refractivity contribution in [1.82, 2.24) is 28.2 Å². The Hall–Kier alpha value is -6.45. The number of benzene rings is 3. The zero-order chi connectivity index (χ0) is 63.4. The summed E-state index contributed by atoms with van der Waals surface area (Å²) >= 11 is 5.35. The van der Waals surface area contributed by atoms with Crippen LogP contribution in [0.15, 0.2) is 64.4 Å². The largest absolute Gasteiger partial charge is 0.479 e. The summed E-state index contributed by atoms with van der Waals surface area (Å²) in [5.74, 6) is 0.760. The second-order valence-corrected chi connectivity index (χ2v) is 36.9. The maximum atomic E-state index is 13.2. The Labute approximate surface area is 510 Å². The maximum absolute atomic E-state index is 13.2. The third-order valence-corrected chi connectivity index (χ3v) is 13.9. The second-order valence-electron chi connectivity index (χ2n) is 20.6. The number of isocyanates is 1. The predicted molar refractivity (Wildman–Crippen MR) is 328 cm³/mol. The van der Waals surface area contributed by atoms with Crippen LogP contribution in [-0.2, 0) is 23.3 Å². The molecule has 3 aromatic heterocycles. The number of alkyl halides is 9. The normalized spacial score (nSPS) is 13.7. The van der Waals surface area contributed by atoms with Gasteiger partial charge in [-0.15, -0.1) is 21.8 Å². The summed E-state index contributed by atoms with van der Waals surface area (Å²) in [7, 11) is 12.7. The number of hydrogen-bond acceptors (Lipinski definition) is 16. The zero-order valence-electron chi connectivity index (χ0n) is 47.9. The van der Waals surface area contributed by atoms with E-state index in [4.69, 9.17) is 9.47 Å². The number of ether oxygens (including phenoxy) is 2. The first-order valence-corrected chi connectivity index (χ1v) is 34.7. The van der Waals surface area contributed by atoms with Gasteiger partial charge in [-0.2, -0.15) is 53.3 Å². The average Bonchev–Trinajstić information content (AvgIpc) is 3.09. The molecule has 0 bridgehead atoms. The van der Waals surface area contributed by atoms with E-state index in [1.54, 1.807) is 32.3 Å². The zero-order valence-corrected chi connectivity index (χ0v) is 53.5. The van der Waals surface area contributed by atoms with Gasteiger partial charge in [0.2, 0.25) is 6.08 Å². The standard InChI is InChI=1S/C17H19F3N4O2S.C16H17F3N4O2S.C15H12F3N3O2S.C3H9ISi.C2H7N/c1-24(2)16(25)22-13-14(26-3)23-27-15(13)21-12-7-10(9-4-5-9)6-11(8-12)17(18,19)20;1-23(2)15(25)21-12-13(24)22-26-14(12)20-11-6-9(8-3-4-8)5-10(7-11)16(17,18)19;1-23-13-12(19-7-22)14(24-21-13)20-11-5-9(8-2-3-8)4-10(6-11)15(16,17)18;1-5(2,3)4;1-3-2/h6-9,21H,4-5H2,1-3H3,(H,22,25);5-8,20H,3-4H2,1-2H3,(H,21,25)(H,22,24);4-6,8,20H,2-3H2,1H3;1-3H3;3H,1-2H3. The molecule has 0 spiro atoms. The molecule has 3 aromatic carbocycles. The lowest BCUT2D eigenvalue weighted by Gasteiger charge is -2.15. The van der Waals surface area contributed by atoms with Gasteiger partial charge in [0.15, 0.2) is 5.69 Å². The van der Waals surface area contributed by atoms with Crippen LogP contribution in [0.25, 0.3) is 0 Å². The number of methoxy groups -OCH3 is 2. The van der Waals surface area contributed by atoms with E-state index in [-0.39, 0.29) is 63.0 Å². The van der Waals surface area contributed by atoms with Crippen molar-refractivity contribution in [2.45, 2.75) is 94.4 Å². The molecule has 6 aromatic rings. The van der Waals surface area contributed by atoms with Crippen LogP contribution in [0.3, 0.4) is 0 Å². The Balaban J connectivity index is 0.000000219. The van der Waals surface area contributed by atoms with E-state index in [1.807, 2.05) is 14.1 Å². The van der Waals surface area contributed by atoms with Crippen LogP contribution >= 0.6 is 56.4 Å². The highest BCUT2D eigenvalue weighted by atomic mass is 127. The Morgan fingerprint density at radius 1 is 0.624 bits per heavy atom. The number of H-pyrrole nitrogens is 1. The van der Waals surface area contributed by atoms with Crippen molar-refractivity contribution in [3.05, 3.63) is 98.3 Å². The minimum absolute atomic E-state index is 0.0286. The highest BCUT2D eigenvalue weighted by Gasteiger charge is 2.37. The van der Waals surface area contributed by atoms with Gasteiger partial charge in [-0.25, -0.2) is 14.4 Å². The number of aromatic amines is 1. The third-order valence-electron chi connectivity index (χ3n) is 11.6. The van der Waals surface area contributed by atoms with Gasteiger partial charge in [0, 0.05) is 45.3 Å². The SMILES string of the molecule is CN(C)C(=O)Nc1c(Nc2cc(C3CC3)cc(C(F)(F)F)c2)s[nH]c1=O.CNC.COc1nsc(Nc2cc(C3CC3)cc(C(F)(F)F)c2)c1N=C=O.COc1nsc(Nc2cc(C3CC3)cc(C(F)(F)F)c2)c1NC(=O)N(C)C.C[Si](C)(C)I. The van der Waals surface area contributed by atoms with Crippen molar-refractivity contribution in [3.63, 3.8) is 0 Å². The van der Waals surface area contributed by atoms with Gasteiger partial charge >= 0.3 is 30.6 Å². The third kappa shape index (κ3) is 21.8. The topological polar surface area (TPSA) is 219 Å². The molecule has 3 saturated carbocycles. The molecule has 3 aliphatic rings. The first-order valence-electron chi connectivity index (χ1n) is 25.8. The number of anilines is 8. The molecule has 9 rings (SSSR count). The van der Waals surface area contributed by atoms with Crippen LogP contribution in [0.5, 0.6) is 11.8 Å². The van der Waals surface area contributed by atoms with Crippen molar-refractivity contribution in [3.8, 4) is 11.8 Å². The molecule has 18 nitrogen and oxygen atoms in total. The van der Waals surface area contributed by atoms with E-state index in [9.17, 15) is 58.7 Å². The van der Waals surface area contributed by atoms with Gasteiger partial charge in [0.25, 0.3) is 17.3 Å². The fourth-order valence-corrected chi connectivity index (χ4v) is 9.36. The molecule has 0 radical (unpaired) electrons. The first-order chi connectivity index (χ1) is 39.7. The molecule has 0 unspecified atom stereocenters. The number of hydrogen-bond donors (Lipinski definition) is 7. The summed E-state index contributed by atoms with van der Waals surface area (Å²) in [6.45, 7) is 6.94. The summed E-state index contributed by atoms with van der Waals surface area (Å²) in [5.41, 5.74) is -0.275. The summed E-state index contributed by atoms with van der Waals surface area (Å²) < 4.78 is 139. The fourth-order valence-electron chi connectivity index (χ4n) is 7.20. The highest BCUT2D eigenvalue weighted by molar-refractivity contribution is 14.1. The molecule has 464 valence electrons. The Kier molecular flexibility index (Phi) is 24.3. The van der Waals surface area contributed by atoms with Crippen molar-refractivity contribution < 1.29 is 63.4 Å². The number of halogens is 10. The molecule has 32 heteroatoms. The number of amides is 4. The average molecular weight is 1390 g/mol. The van der Waals surface area contributed by atoms with Gasteiger partial charge in [0.1, 0.15) is 31.9 Å². The van der Waals surface area contributed by atoms with E-state index in [2.05, 4.69) is 91.5 Å². The smallest absolute Gasteiger partial charge is 0.416 e. The molecule has 85 heavy (non-hydrogen) atoms. The van der Waals surface area contributed by atoms with Crippen LogP contribution in [0, 0.1) is 0 Å². The van der Waals surface area contributed by atoms with Crippen molar-refractivity contribution in [2.24, 2.45) is 4.99 Å². The summed E-state index contributed by atoms with van der Waals surface area (Å²) in [6.07, 6.45) is -6.67. The van der Waals surface area contributed by atoms with Crippen LogP contribution < -0.4 is 46.9 Å². The molecule has 3 fully saturated rings. The predicted octanol–water partition coefficient (Wildman–Crippen LogP) is 15.9. The number of aliphatic imine (C=N–C) groups is 1. The van der Waals surface area contributed by atoms with E-state index in [1.165, 1.54) is 56.3 Å². The fraction of sp³-hybridized carbons (Fsp3) is 0.434. The highest BCUT2D eigenvalue weighted by Crippen LogP contribution is 2.48. The van der Waals surface area contributed by atoms with E-state index in [0.717, 1.165) is 97.4 Å². The number of urea groups is 2. The molecule has 7 N–H and O–H groups in total. The lowest BCUT2D eigenvalue weighted by atomic mass is 10.1. The molecular formula is C53H64F9IN12O6S3Si. The summed E-state index contributed by atoms with van der Waals surface area (Å²) in [4.78, 5) is 52.3. The van der Waals surface area contributed by atoms with E-state index >= 15 is 0 Å². The molecular weight excluding hydrogens is 1320 g/mol. The van der Waals surface area contributed by atoms with Gasteiger partial charge in [-0.1, -0.05) is 19.6 Å². The number of nitrogens with one attached hydrogen (secondary N) is 7. The van der Waals surface area contributed by atoms with Crippen molar-refractivity contribution in [1.29, 1.82) is 0 Å². The molecule has 0 saturated heterocycles. The van der Waals surface area contributed by atoms with Crippen molar-refractivity contribution in [2.75, 3.05) is 83.1 Å². The Bertz CT molecular complexity index is 3340. The van der Waals surface area contributed by atoms with Crippen LogP contribution in [0.2, 0.25) is 19.6 Å². The minimum atomic E-state index is -4.46. The molecule has 0 aliphatic heterocycles. The Morgan fingerprint density at radius 2 is 0.965 bits per heavy atom. The van der Waals surface area contributed by atoms with E-state index in [0.29, 0.717) is 32.4 Å². The van der Waals surface area contributed by atoms with Crippen LogP contribution in [-0.4, -0.2) is 103 Å². The number of rotatable bonds is 14. The molecule has 3 heterocycles. The van der Waals surface area contributed by atoms with Gasteiger partial charge < -0.3 is 51.2 Å². The number of carbonyl (C=O) groups excluding carboxylic acids is 3. The molecule has 4 amide bonds. The molecule has 3 aliphatic carbocycles. The quantitative estimate of drug-likeness (QED) is 0.0135. The summed E-state index contributed by atoms with van der Waals surface area (Å²) in [6, 6.07) is 10.7. The van der Waals surface area contributed by atoms with E-state index < -0.39 is 58.4 Å². The van der Waals surface area contributed by atoms with Crippen LogP contribution in [0.1, 0.15) is 89.7 Å². The molecule has 0 atom stereocenters. The monoisotopic (exact) mass is 1390 g/mol. The summed E-state index contributed by atoms with van der Waals surface area (Å²) in [5, 5.41) is 17.4. The van der Waals surface area contributed by atoms with Crippen molar-refractivity contribution >= 4 is 129 Å². The number of nitrogens with zero attached hydrogens (tertiary/aromatic N) is 5. The second kappa shape index (κ2) is 29.8. The van der Waals surface area contributed by atoms with Crippen LogP contribution in [0.4, 0.5) is 98.2 Å². The van der Waals surface area contributed by atoms with Gasteiger partial charge in [0.05, 0.1) is 30.9 Å². The lowest BCUT2D eigenvalue weighted by Crippen LogP contribution is -2.29. The number of aromatic nitrogens is 3. The number of carbonyl (C=O) groups is 2. The minimum Gasteiger partial charge on any atom is -0.479 e. The van der Waals surface area contributed by atoms with Gasteiger partial charge in [-0.05, 0) is 176 Å². The lowest BCUT2D eigenvalue weighted by molar-refractivity contribution is -0.138.